The third kappa shape index (κ3) is 5.02. The number of hydrogen-bond donors (Lipinski definition) is 0. The number of quaternary nitrogens is 1. The quantitative estimate of drug-likeness (QED) is 0.663. The smallest absolute Gasteiger partial charge is 0.0898 e. The maximum Gasteiger partial charge on any atom is 0.0898 e. The molecule has 0 heterocycles. The van der Waals surface area contributed by atoms with Crippen LogP contribution in [-0.2, 0) is 12.8 Å². The van der Waals surface area contributed by atoms with Gasteiger partial charge in [-0.05, 0) is 24.5 Å². The molecule has 2 aromatic rings. The highest BCUT2D eigenvalue weighted by Gasteiger charge is 2.23. The van der Waals surface area contributed by atoms with Crippen LogP contribution in [0.15, 0.2) is 60.7 Å². The molecule has 21 heavy (non-hydrogen) atoms. The molecule has 112 valence electrons. The molecule has 0 amide bonds. The third-order valence-electron chi connectivity index (χ3n) is 4.61. The summed E-state index contributed by atoms with van der Waals surface area (Å²) in [5, 5.41) is 0. The minimum absolute atomic E-state index is 0.642. The molecule has 0 radical (unpaired) electrons. The van der Waals surface area contributed by atoms with Crippen molar-refractivity contribution in [2.24, 2.45) is 0 Å². The Kier molecular flexibility index (Phi) is 5.58. The van der Waals surface area contributed by atoms with E-state index in [-0.39, 0.29) is 0 Å². The number of rotatable bonds is 7. The summed E-state index contributed by atoms with van der Waals surface area (Å²) in [6, 6.07) is 22.3. The molecule has 0 N–H and O–H groups in total. The summed E-state index contributed by atoms with van der Waals surface area (Å²) in [6.07, 6.45) is 3.58. The Hall–Kier alpha value is -1.60. The Balaban J connectivity index is 1.83. The molecular weight excluding hydrogens is 254 g/mol. The third-order valence-corrected chi connectivity index (χ3v) is 4.61. The van der Waals surface area contributed by atoms with E-state index in [0.29, 0.717) is 6.04 Å². The molecule has 0 aromatic heterocycles. The summed E-state index contributed by atoms with van der Waals surface area (Å²) in [4.78, 5) is 0. The average molecular weight is 282 g/mol. The lowest BCUT2D eigenvalue weighted by molar-refractivity contribution is -0.913. The first-order valence-corrected chi connectivity index (χ1v) is 7.98. The van der Waals surface area contributed by atoms with Crippen molar-refractivity contribution in [3.63, 3.8) is 0 Å². The first-order valence-electron chi connectivity index (χ1n) is 7.98. The van der Waals surface area contributed by atoms with Gasteiger partial charge in [-0.3, -0.25) is 0 Å². The molecule has 0 fully saturated rings. The summed E-state index contributed by atoms with van der Waals surface area (Å²) < 4.78 is 1.09. The highest BCUT2D eigenvalue weighted by Crippen LogP contribution is 2.15. The molecule has 0 spiro atoms. The molecule has 1 nitrogen and oxygen atoms in total. The number of aryl methyl sites for hydroxylation is 1. The van der Waals surface area contributed by atoms with Crippen LogP contribution in [0.4, 0.5) is 0 Å². The molecule has 0 aliphatic carbocycles. The van der Waals surface area contributed by atoms with E-state index in [1.807, 2.05) is 0 Å². The van der Waals surface area contributed by atoms with E-state index in [1.165, 1.54) is 30.5 Å². The fourth-order valence-corrected chi connectivity index (χ4v) is 2.76. The normalized spacial score (nSPS) is 13.1. The predicted octanol–water partition coefficient (Wildman–Crippen LogP) is 4.33. The largest absolute Gasteiger partial charge is 0.326 e. The number of nitrogens with zero attached hydrogens (tertiary/aromatic N) is 1. The van der Waals surface area contributed by atoms with E-state index >= 15 is 0 Å². The van der Waals surface area contributed by atoms with Gasteiger partial charge in [0.15, 0.2) is 0 Å². The van der Waals surface area contributed by atoms with Gasteiger partial charge in [0.25, 0.3) is 0 Å². The minimum atomic E-state index is 0.642. The minimum Gasteiger partial charge on any atom is -0.326 e. The van der Waals surface area contributed by atoms with Crippen LogP contribution in [0.5, 0.6) is 0 Å². The standard InChI is InChI=1S/C20H28N/c1-18(17-20-13-8-5-9-14-20)21(2,3)16-10-15-19-11-6-4-7-12-19/h4-9,11-14,18H,10,15-17H2,1-3H3/q+1/t18-/m0/s1. The Bertz CT molecular complexity index is 516. The van der Waals surface area contributed by atoms with Crippen LogP contribution in [0, 0.1) is 0 Å². The zero-order valence-electron chi connectivity index (χ0n) is 13.6. The number of likely N-dealkylation sites (N-methyl/N-ethyl adjacent to an activating group) is 1. The van der Waals surface area contributed by atoms with Gasteiger partial charge in [0.05, 0.1) is 26.7 Å². The second-order valence-electron chi connectivity index (χ2n) is 6.63. The van der Waals surface area contributed by atoms with Gasteiger partial charge in [-0.1, -0.05) is 60.7 Å². The second-order valence-corrected chi connectivity index (χ2v) is 6.63. The van der Waals surface area contributed by atoms with Crippen LogP contribution in [-0.4, -0.2) is 31.2 Å². The van der Waals surface area contributed by atoms with E-state index in [9.17, 15) is 0 Å². The van der Waals surface area contributed by atoms with Gasteiger partial charge in [-0.2, -0.15) is 0 Å². The molecule has 2 aromatic carbocycles. The summed E-state index contributed by atoms with van der Waals surface area (Å²) in [5.74, 6) is 0. The van der Waals surface area contributed by atoms with E-state index in [0.717, 1.165) is 10.9 Å². The van der Waals surface area contributed by atoms with Gasteiger partial charge in [0.2, 0.25) is 0 Å². The summed E-state index contributed by atoms with van der Waals surface area (Å²) in [5.41, 5.74) is 2.90. The van der Waals surface area contributed by atoms with Crippen LogP contribution in [0.1, 0.15) is 24.5 Å². The maximum atomic E-state index is 2.37. The Morgan fingerprint density at radius 1 is 0.810 bits per heavy atom. The van der Waals surface area contributed by atoms with E-state index in [2.05, 4.69) is 81.7 Å². The van der Waals surface area contributed by atoms with Crippen molar-refractivity contribution in [3.05, 3.63) is 71.8 Å². The van der Waals surface area contributed by atoms with Crippen molar-refractivity contribution >= 4 is 0 Å². The van der Waals surface area contributed by atoms with E-state index in [4.69, 9.17) is 0 Å². The lowest BCUT2D eigenvalue weighted by Crippen LogP contribution is -2.49. The lowest BCUT2D eigenvalue weighted by Gasteiger charge is -2.36. The first-order chi connectivity index (χ1) is 10.1. The Morgan fingerprint density at radius 2 is 1.33 bits per heavy atom. The van der Waals surface area contributed by atoms with E-state index < -0.39 is 0 Å². The van der Waals surface area contributed by atoms with E-state index in [1.54, 1.807) is 0 Å². The number of hydrogen-bond acceptors (Lipinski definition) is 0. The first kappa shape index (κ1) is 15.8. The molecule has 2 rings (SSSR count). The average Bonchev–Trinajstić information content (AvgIpc) is 2.49. The fraction of sp³-hybridized carbons (Fsp3) is 0.400. The molecule has 0 bridgehead atoms. The molecule has 0 aliphatic rings. The highest BCUT2D eigenvalue weighted by molar-refractivity contribution is 5.15. The topological polar surface area (TPSA) is 0 Å². The summed E-state index contributed by atoms with van der Waals surface area (Å²) in [6.45, 7) is 3.60. The van der Waals surface area contributed by atoms with Crippen LogP contribution in [0.2, 0.25) is 0 Å². The molecule has 1 heteroatoms. The summed E-state index contributed by atoms with van der Waals surface area (Å²) in [7, 11) is 4.72. The van der Waals surface area contributed by atoms with Crippen molar-refractivity contribution < 1.29 is 4.48 Å². The van der Waals surface area contributed by atoms with Crippen molar-refractivity contribution in [2.75, 3.05) is 20.6 Å². The maximum absolute atomic E-state index is 2.37. The van der Waals surface area contributed by atoms with Crippen LogP contribution in [0.3, 0.4) is 0 Å². The van der Waals surface area contributed by atoms with Crippen molar-refractivity contribution in [1.82, 2.24) is 0 Å². The molecule has 0 saturated heterocycles. The van der Waals surface area contributed by atoms with Gasteiger partial charge >= 0.3 is 0 Å². The summed E-state index contributed by atoms with van der Waals surface area (Å²) >= 11 is 0. The SMILES string of the molecule is C[C@@H](Cc1ccccc1)[N+](C)(C)CCCc1ccccc1. The van der Waals surface area contributed by atoms with Crippen molar-refractivity contribution in [2.45, 2.75) is 32.2 Å². The van der Waals surface area contributed by atoms with Gasteiger partial charge in [-0.15, -0.1) is 0 Å². The van der Waals surface area contributed by atoms with Gasteiger partial charge < -0.3 is 4.48 Å². The Labute approximate surface area is 129 Å². The molecule has 1 atom stereocenters. The predicted molar refractivity (Wildman–Crippen MR) is 91.3 cm³/mol. The lowest BCUT2D eigenvalue weighted by atomic mass is 10.0. The molecule has 0 unspecified atom stereocenters. The Morgan fingerprint density at radius 3 is 1.90 bits per heavy atom. The molecule has 0 aliphatic heterocycles. The highest BCUT2D eigenvalue weighted by atomic mass is 15.3. The number of benzene rings is 2. The van der Waals surface area contributed by atoms with Crippen LogP contribution >= 0.6 is 0 Å². The van der Waals surface area contributed by atoms with Gasteiger partial charge in [-0.25, -0.2) is 0 Å². The fourth-order valence-electron chi connectivity index (χ4n) is 2.76. The molecule has 0 saturated carbocycles. The van der Waals surface area contributed by atoms with Crippen LogP contribution in [0.25, 0.3) is 0 Å². The van der Waals surface area contributed by atoms with Crippen molar-refractivity contribution in [1.29, 1.82) is 0 Å². The van der Waals surface area contributed by atoms with Crippen LogP contribution < -0.4 is 0 Å². The van der Waals surface area contributed by atoms with Gasteiger partial charge in [0.1, 0.15) is 0 Å². The molecular formula is C20H28N+. The second kappa shape index (κ2) is 7.42. The zero-order valence-corrected chi connectivity index (χ0v) is 13.6. The zero-order chi connectivity index (χ0) is 15.1. The van der Waals surface area contributed by atoms with Gasteiger partial charge in [0, 0.05) is 12.8 Å². The monoisotopic (exact) mass is 282 g/mol. The van der Waals surface area contributed by atoms with Crippen molar-refractivity contribution in [3.8, 4) is 0 Å².